The fourth-order valence-corrected chi connectivity index (χ4v) is 1.66. The second kappa shape index (κ2) is 5.63. The topological polar surface area (TPSA) is 69.6 Å². The van der Waals surface area contributed by atoms with Crippen molar-refractivity contribution in [3.63, 3.8) is 0 Å². The summed E-state index contributed by atoms with van der Waals surface area (Å²) in [5, 5.41) is 18.0. The van der Waals surface area contributed by atoms with Crippen LogP contribution in [0, 0.1) is 0 Å². The monoisotopic (exact) mass is 227 g/mol. The highest BCUT2D eigenvalue weighted by Crippen LogP contribution is 2.11. The zero-order valence-electron chi connectivity index (χ0n) is 8.30. The third kappa shape index (κ3) is 3.81. The molecule has 1 aromatic rings. The maximum absolute atomic E-state index is 10.8. The van der Waals surface area contributed by atoms with E-state index in [0.29, 0.717) is 6.42 Å². The molecular formula is C10H13NO3S. The SMILES string of the molecule is CSNC(Cc1ccc(O)cc1)C(=O)O. The molecule has 1 atom stereocenters. The fourth-order valence-electron chi connectivity index (χ4n) is 1.19. The van der Waals surface area contributed by atoms with Crippen molar-refractivity contribution in [1.29, 1.82) is 0 Å². The Morgan fingerprint density at radius 3 is 2.53 bits per heavy atom. The minimum Gasteiger partial charge on any atom is -0.508 e. The van der Waals surface area contributed by atoms with Gasteiger partial charge in [0.05, 0.1) is 0 Å². The highest BCUT2D eigenvalue weighted by molar-refractivity contribution is 7.96. The Hall–Kier alpha value is -1.20. The Labute approximate surface area is 92.4 Å². The van der Waals surface area contributed by atoms with Crippen LogP contribution >= 0.6 is 11.9 Å². The summed E-state index contributed by atoms with van der Waals surface area (Å²) in [7, 11) is 0. The van der Waals surface area contributed by atoms with Gasteiger partial charge >= 0.3 is 5.97 Å². The van der Waals surface area contributed by atoms with Gasteiger partial charge < -0.3 is 10.2 Å². The van der Waals surface area contributed by atoms with Gasteiger partial charge in [0.1, 0.15) is 11.8 Å². The quantitative estimate of drug-likeness (QED) is 0.661. The van der Waals surface area contributed by atoms with E-state index in [1.165, 1.54) is 11.9 Å². The molecule has 0 aromatic heterocycles. The molecule has 1 rings (SSSR count). The third-order valence-electron chi connectivity index (χ3n) is 1.93. The number of hydrogen-bond acceptors (Lipinski definition) is 4. The molecule has 0 amide bonds. The standard InChI is InChI=1S/C10H13NO3S/c1-15-11-9(10(13)14)6-7-2-4-8(12)5-3-7/h2-5,9,11-12H,6H2,1H3,(H,13,14). The van der Waals surface area contributed by atoms with Gasteiger partial charge in [-0.25, -0.2) is 4.72 Å². The molecule has 0 aliphatic rings. The normalized spacial score (nSPS) is 12.3. The number of nitrogens with one attached hydrogen (secondary N) is 1. The Kier molecular flexibility index (Phi) is 4.45. The maximum atomic E-state index is 10.8. The van der Waals surface area contributed by atoms with Crippen LogP contribution in [0.3, 0.4) is 0 Å². The molecule has 3 N–H and O–H groups in total. The molecule has 82 valence electrons. The Morgan fingerprint density at radius 2 is 2.07 bits per heavy atom. The summed E-state index contributed by atoms with van der Waals surface area (Å²) >= 11 is 1.28. The van der Waals surface area contributed by atoms with Crippen LogP contribution in [0.4, 0.5) is 0 Å². The number of benzene rings is 1. The van der Waals surface area contributed by atoms with Crippen molar-refractivity contribution >= 4 is 17.9 Å². The summed E-state index contributed by atoms with van der Waals surface area (Å²) in [6, 6.07) is 5.92. The first kappa shape index (κ1) is 11.9. The summed E-state index contributed by atoms with van der Waals surface area (Å²) in [4.78, 5) is 10.8. The van der Waals surface area contributed by atoms with Crippen LogP contribution in [0.15, 0.2) is 24.3 Å². The molecule has 1 unspecified atom stereocenters. The van der Waals surface area contributed by atoms with E-state index in [0.717, 1.165) is 5.56 Å². The molecule has 4 nitrogen and oxygen atoms in total. The number of carbonyl (C=O) groups is 1. The van der Waals surface area contributed by atoms with Crippen LogP contribution in [-0.2, 0) is 11.2 Å². The fraction of sp³-hybridized carbons (Fsp3) is 0.300. The van der Waals surface area contributed by atoms with Crippen molar-refractivity contribution in [2.24, 2.45) is 0 Å². The molecule has 1 aromatic carbocycles. The Bertz CT molecular complexity index is 326. The van der Waals surface area contributed by atoms with Crippen LogP contribution in [-0.4, -0.2) is 28.5 Å². The minimum atomic E-state index is -0.877. The van der Waals surface area contributed by atoms with Gasteiger partial charge in [0.25, 0.3) is 0 Å². The van der Waals surface area contributed by atoms with Gasteiger partial charge in [0.15, 0.2) is 0 Å². The number of carboxylic acid groups (broad SMARTS) is 1. The maximum Gasteiger partial charge on any atom is 0.321 e. The molecule has 5 heteroatoms. The molecular weight excluding hydrogens is 214 g/mol. The van der Waals surface area contributed by atoms with Crippen LogP contribution in [0.2, 0.25) is 0 Å². The average Bonchev–Trinajstić information content (AvgIpc) is 2.20. The van der Waals surface area contributed by atoms with Gasteiger partial charge in [0, 0.05) is 0 Å². The number of phenolic OH excluding ortho intramolecular Hbond substituents is 1. The lowest BCUT2D eigenvalue weighted by molar-refractivity contribution is -0.138. The molecule has 0 spiro atoms. The first-order valence-corrected chi connectivity index (χ1v) is 5.65. The average molecular weight is 227 g/mol. The molecule has 0 saturated heterocycles. The predicted octanol–water partition coefficient (Wildman–Crippen LogP) is 1.26. The number of carboxylic acids is 1. The van der Waals surface area contributed by atoms with Gasteiger partial charge in [-0.3, -0.25) is 4.79 Å². The molecule has 0 aliphatic carbocycles. The van der Waals surface area contributed by atoms with E-state index in [1.54, 1.807) is 30.5 Å². The predicted molar refractivity (Wildman–Crippen MR) is 59.9 cm³/mol. The zero-order chi connectivity index (χ0) is 11.3. The van der Waals surface area contributed by atoms with E-state index >= 15 is 0 Å². The van der Waals surface area contributed by atoms with Crippen LogP contribution in [0.1, 0.15) is 5.56 Å². The molecule has 0 heterocycles. The second-order valence-corrected chi connectivity index (χ2v) is 3.73. The lowest BCUT2D eigenvalue weighted by Crippen LogP contribution is -2.34. The lowest BCUT2D eigenvalue weighted by atomic mass is 10.1. The van der Waals surface area contributed by atoms with E-state index in [4.69, 9.17) is 10.2 Å². The highest BCUT2D eigenvalue weighted by Gasteiger charge is 2.16. The second-order valence-electron chi connectivity index (χ2n) is 3.08. The van der Waals surface area contributed by atoms with Crippen molar-refractivity contribution in [2.45, 2.75) is 12.5 Å². The number of aromatic hydroxyl groups is 1. The van der Waals surface area contributed by atoms with Crippen LogP contribution in [0.5, 0.6) is 5.75 Å². The first-order valence-electron chi connectivity index (χ1n) is 4.42. The molecule has 0 saturated carbocycles. The van der Waals surface area contributed by atoms with E-state index < -0.39 is 12.0 Å². The Morgan fingerprint density at radius 1 is 1.47 bits per heavy atom. The summed E-state index contributed by atoms with van der Waals surface area (Å²) in [6.45, 7) is 0. The number of phenols is 1. The van der Waals surface area contributed by atoms with Gasteiger partial charge in [-0.2, -0.15) is 0 Å². The van der Waals surface area contributed by atoms with Crippen molar-refractivity contribution in [3.8, 4) is 5.75 Å². The zero-order valence-corrected chi connectivity index (χ0v) is 9.12. The minimum absolute atomic E-state index is 0.184. The Balaban J connectivity index is 2.65. The lowest BCUT2D eigenvalue weighted by Gasteiger charge is -2.12. The summed E-state index contributed by atoms with van der Waals surface area (Å²) in [5.74, 6) is -0.694. The highest BCUT2D eigenvalue weighted by atomic mass is 32.2. The van der Waals surface area contributed by atoms with Gasteiger partial charge in [-0.05, 0) is 30.4 Å². The van der Waals surface area contributed by atoms with E-state index in [1.807, 2.05) is 0 Å². The molecule has 0 bridgehead atoms. The van der Waals surface area contributed by atoms with Crippen LogP contribution < -0.4 is 4.72 Å². The van der Waals surface area contributed by atoms with Crippen molar-refractivity contribution in [2.75, 3.05) is 6.26 Å². The van der Waals surface area contributed by atoms with E-state index in [-0.39, 0.29) is 5.75 Å². The summed E-state index contributed by atoms with van der Waals surface area (Å²) in [5.41, 5.74) is 0.877. The van der Waals surface area contributed by atoms with Gasteiger partial charge in [-0.1, -0.05) is 24.1 Å². The van der Waals surface area contributed by atoms with Crippen molar-refractivity contribution in [3.05, 3.63) is 29.8 Å². The largest absolute Gasteiger partial charge is 0.508 e. The molecule has 0 radical (unpaired) electrons. The number of hydrogen-bond donors (Lipinski definition) is 3. The van der Waals surface area contributed by atoms with Gasteiger partial charge in [-0.15, -0.1) is 0 Å². The molecule has 0 fully saturated rings. The summed E-state index contributed by atoms with van der Waals surface area (Å²) < 4.78 is 2.80. The number of rotatable bonds is 5. The van der Waals surface area contributed by atoms with E-state index in [9.17, 15) is 4.79 Å². The van der Waals surface area contributed by atoms with Crippen molar-refractivity contribution in [1.82, 2.24) is 4.72 Å². The van der Waals surface area contributed by atoms with E-state index in [2.05, 4.69) is 4.72 Å². The van der Waals surface area contributed by atoms with Crippen molar-refractivity contribution < 1.29 is 15.0 Å². The first-order chi connectivity index (χ1) is 7.13. The molecule has 0 aliphatic heterocycles. The molecule has 15 heavy (non-hydrogen) atoms. The third-order valence-corrected chi connectivity index (χ3v) is 2.45. The van der Waals surface area contributed by atoms with Gasteiger partial charge in [0.2, 0.25) is 0 Å². The number of aliphatic carboxylic acids is 1. The smallest absolute Gasteiger partial charge is 0.321 e. The van der Waals surface area contributed by atoms with Crippen LogP contribution in [0.25, 0.3) is 0 Å². The summed E-state index contributed by atoms with van der Waals surface area (Å²) in [6.07, 6.45) is 2.18.